The lowest BCUT2D eigenvalue weighted by molar-refractivity contribution is 0.549. The van der Waals surface area contributed by atoms with E-state index in [1.165, 1.54) is 6.07 Å². The molecule has 0 aliphatic carbocycles. The number of rotatable bonds is 7. The van der Waals surface area contributed by atoms with Crippen LogP contribution in [0.5, 0.6) is 0 Å². The van der Waals surface area contributed by atoms with Crippen molar-refractivity contribution in [1.82, 2.24) is 5.32 Å². The van der Waals surface area contributed by atoms with Crippen LogP contribution < -0.4 is 10.2 Å². The minimum absolute atomic E-state index is 0.190. The van der Waals surface area contributed by atoms with Gasteiger partial charge in [0.15, 0.2) is 0 Å². The average Bonchev–Trinajstić information content (AvgIpc) is 2.91. The Labute approximate surface area is 125 Å². The third-order valence-electron chi connectivity index (χ3n) is 3.32. The first-order chi connectivity index (χ1) is 10.1. The van der Waals surface area contributed by atoms with E-state index in [0.29, 0.717) is 24.7 Å². The third kappa shape index (κ3) is 4.33. The fraction of sp³-hybridized carbons (Fsp3) is 0.412. The van der Waals surface area contributed by atoms with Crippen molar-refractivity contribution in [1.29, 1.82) is 0 Å². The second-order valence-corrected chi connectivity index (χ2v) is 5.76. The van der Waals surface area contributed by atoms with E-state index < -0.39 is 0 Å². The highest BCUT2D eigenvalue weighted by molar-refractivity contribution is 5.54. The van der Waals surface area contributed by atoms with Crippen LogP contribution in [-0.2, 0) is 13.1 Å². The molecule has 3 nitrogen and oxygen atoms in total. The zero-order chi connectivity index (χ0) is 15.2. The van der Waals surface area contributed by atoms with Crippen molar-refractivity contribution in [2.45, 2.75) is 26.9 Å². The first-order valence-electron chi connectivity index (χ1n) is 7.28. The van der Waals surface area contributed by atoms with Gasteiger partial charge in [-0.15, -0.1) is 0 Å². The van der Waals surface area contributed by atoms with Crippen molar-refractivity contribution < 1.29 is 8.81 Å². The number of halogens is 1. The van der Waals surface area contributed by atoms with E-state index in [1.54, 1.807) is 18.6 Å². The molecule has 0 radical (unpaired) electrons. The lowest BCUT2D eigenvalue weighted by Gasteiger charge is -2.23. The van der Waals surface area contributed by atoms with Gasteiger partial charge in [-0.2, -0.15) is 0 Å². The van der Waals surface area contributed by atoms with Crippen LogP contribution in [0.1, 0.15) is 25.0 Å². The molecule has 2 rings (SSSR count). The molecular formula is C17H23FN2O. The third-order valence-corrected chi connectivity index (χ3v) is 3.32. The Morgan fingerprint density at radius 1 is 1.29 bits per heavy atom. The monoisotopic (exact) mass is 290 g/mol. The zero-order valence-electron chi connectivity index (χ0n) is 12.9. The molecule has 0 saturated carbocycles. The highest BCUT2D eigenvalue weighted by Gasteiger charge is 2.13. The van der Waals surface area contributed by atoms with Crippen molar-refractivity contribution in [2.75, 3.05) is 18.5 Å². The average molecular weight is 290 g/mol. The van der Waals surface area contributed by atoms with Gasteiger partial charge in [0.25, 0.3) is 0 Å². The smallest absolute Gasteiger partial charge is 0.146 e. The molecule has 0 unspecified atom stereocenters. The van der Waals surface area contributed by atoms with Crippen LogP contribution in [0.3, 0.4) is 0 Å². The highest BCUT2D eigenvalue weighted by Crippen LogP contribution is 2.25. The van der Waals surface area contributed by atoms with Gasteiger partial charge in [-0.3, -0.25) is 0 Å². The van der Waals surface area contributed by atoms with E-state index in [1.807, 2.05) is 24.1 Å². The lowest BCUT2D eigenvalue weighted by Crippen LogP contribution is -2.23. The summed E-state index contributed by atoms with van der Waals surface area (Å²) in [6.45, 7) is 6.52. The van der Waals surface area contributed by atoms with Crippen LogP contribution in [0, 0.1) is 11.7 Å². The first kappa shape index (κ1) is 15.6. The Hall–Kier alpha value is -1.81. The second kappa shape index (κ2) is 7.27. The molecular weight excluding hydrogens is 267 g/mol. The summed E-state index contributed by atoms with van der Waals surface area (Å²) in [5.41, 5.74) is 2.65. The van der Waals surface area contributed by atoms with Crippen LogP contribution in [0.15, 0.2) is 41.2 Å². The number of nitrogens with one attached hydrogen (secondary N) is 1. The Kier molecular flexibility index (Phi) is 5.39. The second-order valence-electron chi connectivity index (χ2n) is 5.76. The summed E-state index contributed by atoms with van der Waals surface area (Å²) in [6, 6.07) is 7.13. The summed E-state index contributed by atoms with van der Waals surface area (Å²) < 4.78 is 19.3. The molecule has 1 N–H and O–H groups in total. The van der Waals surface area contributed by atoms with Crippen molar-refractivity contribution >= 4 is 5.69 Å². The summed E-state index contributed by atoms with van der Waals surface area (Å²) in [4.78, 5) is 1.92. The lowest BCUT2D eigenvalue weighted by atomic mass is 10.1. The Morgan fingerprint density at radius 3 is 2.76 bits per heavy atom. The SMILES string of the molecule is CC(C)CNCc1cccc(F)c1N(C)Cc1ccoc1. The van der Waals surface area contributed by atoms with Crippen LogP contribution >= 0.6 is 0 Å². The van der Waals surface area contributed by atoms with Crippen LogP contribution in [0.2, 0.25) is 0 Å². The molecule has 0 bridgehead atoms. The summed E-state index contributed by atoms with van der Waals surface area (Å²) >= 11 is 0. The maximum atomic E-state index is 14.2. The van der Waals surface area contributed by atoms with Gasteiger partial charge in [-0.05, 0) is 30.2 Å². The predicted molar refractivity (Wildman–Crippen MR) is 83.8 cm³/mol. The van der Waals surface area contributed by atoms with Crippen molar-refractivity contribution in [2.24, 2.45) is 5.92 Å². The van der Waals surface area contributed by atoms with Gasteiger partial charge >= 0.3 is 0 Å². The fourth-order valence-electron chi connectivity index (χ4n) is 2.36. The highest BCUT2D eigenvalue weighted by atomic mass is 19.1. The number of furan rings is 1. The van der Waals surface area contributed by atoms with E-state index in [9.17, 15) is 4.39 Å². The molecule has 114 valence electrons. The predicted octanol–water partition coefficient (Wildman–Crippen LogP) is 3.80. The Morgan fingerprint density at radius 2 is 2.10 bits per heavy atom. The fourth-order valence-corrected chi connectivity index (χ4v) is 2.36. The van der Waals surface area contributed by atoms with Crippen LogP contribution in [-0.4, -0.2) is 13.6 Å². The number of hydrogen-bond acceptors (Lipinski definition) is 3. The van der Waals surface area contributed by atoms with E-state index in [4.69, 9.17) is 4.42 Å². The minimum Gasteiger partial charge on any atom is -0.472 e. The topological polar surface area (TPSA) is 28.4 Å². The Bertz CT molecular complexity index is 552. The van der Waals surface area contributed by atoms with E-state index in [0.717, 1.165) is 17.7 Å². The van der Waals surface area contributed by atoms with Gasteiger partial charge in [-0.1, -0.05) is 26.0 Å². The number of anilines is 1. The normalized spacial score (nSPS) is 11.1. The number of para-hydroxylation sites is 1. The van der Waals surface area contributed by atoms with E-state index >= 15 is 0 Å². The van der Waals surface area contributed by atoms with Gasteiger partial charge in [0.05, 0.1) is 18.2 Å². The van der Waals surface area contributed by atoms with Gasteiger partial charge in [-0.25, -0.2) is 4.39 Å². The molecule has 0 spiro atoms. The number of nitrogens with zero attached hydrogens (tertiary/aromatic N) is 1. The van der Waals surface area contributed by atoms with Crippen molar-refractivity contribution in [3.05, 3.63) is 53.7 Å². The zero-order valence-corrected chi connectivity index (χ0v) is 12.9. The van der Waals surface area contributed by atoms with Crippen LogP contribution in [0.25, 0.3) is 0 Å². The molecule has 4 heteroatoms. The molecule has 1 aromatic carbocycles. The molecule has 21 heavy (non-hydrogen) atoms. The summed E-state index contributed by atoms with van der Waals surface area (Å²) in [7, 11) is 1.90. The minimum atomic E-state index is -0.190. The van der Waals surface area contributed by atoms with Crippen molar-refractivity contribution in [3.63, 3.8) is 0 Å². The summed E-state index contributed by atoms with van der Waals surface area (Å²) in [5.74, 6) is 0.385. The summed E-state index contributed by atoms with van der Waals surface area (Å²) in [6.07, 6.45) is 3.32. The first-order valence-corrected chi connectivity index (χ1v) is 7.28. The summed E-state index contributed by atoms with van der Waals surface area (Å²) in [5, 5.41) is 3.37. The molecule has 0 aliphatic heterocycles. The standard InChI is InChI=1S/C17H23FN2O/c1-13(2)9-19-10-15-5-4-6-16(18)17(15)20(3)11-14-7-8-21-12-14/h4-8,12-13,19H,9-11H2,1-3H3. The number of hydrogen-bond donors (Lipinski definition) is 1. The Balaban J connectivity index is 2.12. The molecule has 0 atom stereocenters. The molecule has 0 fully saturated rings. The van der Waals surface area contributed by atoms with Gasteiger partial charge in [0.1, 0.15) is 5.82 Å². The molecule has 0 aliphatic rings. The van der Waals surface area contributed by atoms with Gasteiger partial charge < -0.3 is 14.6 Å². The van der Waals surface area contributed by atoms with Crippen LogP contribution in [0.4, 0.5) is 10.1 Å². The molecule has 0 saturated heterocycles. The molecule has 2 aromatic rings. The maximum absolute atomic E-state index is 14.2. The van der Waals surface area contributed by atoms with Gasteiger partial charge in [0, 0.05) is 25.7 Å². The molecule has 1 aromatic heterocycles. The molecule has 1 heterocycles. The van der Waals surface area contributed by atoms with Gasteiger partial charge in [0.2, 0.25) is 0 Å². The van der Waals surface area contributed by atoms with E-state index in [2.05, 4.69) is 19.2 Å². The van der Waals surface area contributed by atoms with E-state index in [-0.39, 0.29) is 5.82 Å². The number of benzene rings is 1. The maximum Gasteiger partial charge on any atom is 0.146 e. The quantitative estimate of drug-likeness (QED) is 0.840. The van der Waals surface area contributed by atoms with Crippen molar-refractivity contribution in [3.8, 4) is 0 Å². The molecule has 0 amide bonds. The largest absolute Gasteiger partial charge is 0.472 e.